The number of likely N-dealkylation sites (N-methyl/N-ethyl adjacent to an activating group) is 1. The number of aliphatic hydroxyl groups is 2. The van der Waals surface area contributed by atoms with Crippen LogP contribution in [0.25, 0.3) is 0 Å². The minimum Gasteiger partial charge on any atom is -0.389 e. The average Bonchev–Trinajstić information content (AvgIpc) is 2.27. The van der Waals surface area contributed by atoms with E-state index in [-0.39, 0.29) is 0 Å². The van der Waals surface area contributed by atoms with E-state index >= 15 is 0 Å². The van der Waals surface area contributed by atoms with Gasteiger partial charge in [-0.3, -0.25) is 0 Å². The Morgan fingerprint density at radius 1 is 1.11 bits per heavy atom. The summed E-state index contributed by atoms with van der Waals surface area (Å²) in [6.45, 7) is 5.33. The van der Waals surface area contributed by atoms with Crippen LogP contribution in [0.3, 0.4) is 0 Å². The first kappa shape index (κ1) is 16.1. The summed E-state index contributed by atoms with van der Waals surface area (Å²) in [6.07, 6.45) is -1.07. The third-order valence-electron chi connectivity index (χ3n) is 2.99. The summed E-state index contributed by atoms with van der Waals surface area (Å²) in [5, 5.41) is 19.9. The molecule has 108 valence electrons. The zero-order chi connectivity index (χ0) is 14.4. The van der Waals surface area contributed by atoms with Crippen molar-refractivity contribution >= 4 is 0 Å². The van der Waals surface area contributed by atoms with Crippen LogP contribution in [0.5, 0.6) is 0 Å². The summed E-state index contributed by atoms with van der Waals surface area (Å²) in [5.74, 6) is 0. The number of methoxy groups -OCH3 is 1. The van der Waals surface area contributed by atoms with Gasteiger partial charge in [0.25, 0.3) is 0 Å². The van der Waals surface area contributed by atoms with Crippen molar-refractivity contribution in [1.82, 2.24) is 4.90 Å². The lowest BCUT2D eigenvalue weighted by atomic mass is 10.0. The minimum absolute atomic E-state index is 0.310. The smallest absolute Gasteiger partial charge is 0.0917 e. The van der Waals surface area contributed by atoms with Crippen LogP contribution < -0.4 is 0 Å². The van der Waals surface area contributed by atoms with E-state index in [9.17, 15) is 10.2 Å². The summed E-state index contributed by atoms with van der Waals surface area (Å²) in [7, 11) is 3.44. The van der Waals surface area contributed by atoms with Gasteiger partial charge in [-0.25, -0.2) is 0 Å². The van der Waals surface area contributed by atoms with Gasteiger partial charge in [-0.15, -0.1) is 0 Å². The van der Waals surface area contributed by atoms with Gasteiger partial charge in [-0.2, -0.15) is 0 Å². The lowest BCUT2D eigenvalue weighted by molar-refractivity contribution is 0.0318. The normalized spacial score (nSPS) is 14.7. The maximum atomic E-state index is 10.2. The second kappa shape index (κ2) is 7.60. The molecule has 0 fully saturated rings. The first-order valence-electron chi connectivity index (χ1n) is 6.54. The van der Waals surface area contributed by atoms with Crippen LogP contribution in [-0.2, 0) is 4.74 Å². The molecule has 0 spiro atoms. The fourth-order valence-electron chi connectivity index (χ4n) is 2.28. The van der Waals surface area contributed by atoms with Gasteiger partial charge in [0.15, 0.2) is 0 Å². The highest BCUT2D eigenvalue weighted by Gasteiger charge is 2.14. The molecule has 1 aromatic rings. The molecule has 0 bridgehead atoms. The van der Waals surface area contributed by atoms with Crippen molar-refractivity contribution in [2.75, 3.05) is 33.9 Å². The molecular formula is C15H25NO3. The third-order valence-corrected chi connectivity index (χ3v) is 2.99. The van der Waals surface area contributed by atoms with E-state index in [2.05, 4.69) is 6.07 Å². The molecule has 2 N–H and O–H groups in total. The molecule has 0 aliphatic rings. The predicted molar refractivity (Wildman–Crippen MR) is 76.3 cm³/mol. The number of ether oxygens (including phenoxy) is 1. The lowest BCUT2D eigenvalue weighted by Gasteiger charge is -2.23. The SMILES string of the molecule is COCC(O)CN(C)CC(O)c1cc(C)cc(C)c1. The maximum absolute atomic E-state index is 10.2. The Morgan fingerprint density at radius 3 is 2.21 bits per heavy atom. The summed E-state index contributed by atoms with van der Waals surface area (Å²) >= 11 is 0. The molecule has 0 heterocycles. The molecule has 0 aliphatic heterocycles. The quantitative estimate of drug-likeness (QED) is 0.781. The molecule has 2 unspecified atom stereocenters. The van der Waals surface area contributed by atoms with E-state index < -0.39 is 12.2 Å². The van der Waals surface area contributed by atoms with Crippen molar-refractivity contribution in [3.8, 4) is 0 Å². The van der Waals surface area contributed by atoms with Gasteiger partial charge in [-0.05, 0) is 26.5 Å². The molecule has 0 aliphatic carbocycles. The Kier molecular flexibility index (Phi) is 6.45. The van der Waals surface area contributed by atoms with Crippen molar-refractivity contribution in [1.29, 1.82) is 0 Å². The molecular weight excluding hydrogens is 242 g/mol. The van der Waals surface area contributed by atoms with Crippen molar-refractivity contribution < 1.29 is 14.9 Å². The van der Waals surface area contributed by atoms with E-state index in [0.29, 0.717) is 19.7 Å². The molecule has 0 saturated heterocycles. The highest BCUT2D eigenvalue weighted by Crippen LogP contribution is 2.17. The van der Waals surface area contributed by atoms with Crippen molar-refractivity contribution in [3.63, 3.8) is 0 Å². The van der Waals surface area contributed by atoms with Gasteiger partial charge in [0.2, 0.25) is 0 Å². The topological polar surface area (TPSA) is 52.9 Å². The van der Waals surface area contributed by atoms with Crippen LogP contribution in [-0.4, -0.2) is 55.1 Å². The van der Waals surface area contributed by atoms with Crippen molar-refractivity contribution in [2.24, 2.45) is 0 Å². The third kappa shape index (κ3) is 5.70. The Labute approximate surface area is 115 Å². The van der Waals surface area contributed by atoms with Gasteiger partial charge < -0.3 is 19.8 Å². The van der Waals surface area contributed by atoms with Gasteiger partial charge >= 0.3 is 0 Å². The summed E-state index contributed by atoms with van der Waals surface area (Å²) in [5.41, 5.74) is 3.22. The van der Waals surface area contributed by atoms with Crippen LogP contribution >= 0.6 is 0 Å². The summed E-state index contributed by atoms with van der Waals surface area (Å²) in [4.78, 5) is 1.91. The monoisotopic (exact) mass is 267 g/mol. The number of aliphatic hydroxyl groups excluding tert-OH is 2. The molecule has 2 atom stereocenters. The number of benzene rings is 1. The van der Waals surface area contributed by atoms with Gasteiger partial charge in [-0.1, -0.05) is 29.3 Å². The second-order valence-corrected chi connectivity index (χ2v) is 5.27. The summed E-state index contributed by atoms with van der Waals surface area (Å²) in [6, 6.07) is 6.08. The van der Waals surface area contributed by atoms with Crippen molar-refractivity contribution in [3.05, 3.63) is 34.9 Å². The van der Waals surface area contributed by atoms with E-state index in [0.717, 1.165) is 16.7 Å². The van der Waals surface area contributed by atoms with E-state index in [1.54, 1.807) is 7.11 Å². The Balaban J connectivity index is 2.56. The standard InChI is InChI=1S/C15H25NO3/c1-11-5-12(2)7-13(6-11)15(18)9-16(3)8-14(17)10-19-4/h5-7,14-15,17-18H,8-10H2,1-4H3. The first-order chi connectivity index (χ1) is 8.92. The Hall–Kier alpha value is -0.940. The minimum atomic E-state index is -0.543. The lowest BCUT2D eigenvalue weighted by Crippen LogP contribution is -2.34. The zero-order valence-electron chi connectivity index (χ0n) is 12.3. The van der Waals surface area contributed by atoms with Gasteiger partial charge in [0.1, 0.15) is 0 Å². The maximum Gasteiger partial charge on any atom is 0.0917 e. The van der Waals surface area contributed by atoms with Crippen LogP contribution in [0.4, 0.5) is 0 Å². The van der Waals surface area contributed by atoms with Crippen LogP contribution in [0.2, 0.25) is 0 Å². The van der Waals surface area contributed by atoms with E-state index in [4.69, 9.17) is 4.74 Å². The van der Waals surface area contributed by atoms with E-state index in [1.807, 2.05) is 37.9 Å². The number of hydrogen-bond donors (Lipinski definition) is 2. The highest BCUT2D eigenvalue weighted by atomic mass is 16.5. The number of rotatable bonds is 7. The molecule has 4 nitrogen and oxygen atoms in total. The summed E-state index contributed by atoms with van der Waals surface area (Å²) < 4.78 is 4.89. The second-order valence-electron chi connectivity index (χ2n) is 5.27. The molecule has 0 radical (unpaired) electrons. The number of hydrogen-bond acceptors (Lipinski definition) is 4. The molecule has 1 aromatic carbocycles. The average molecular weight is 267 g/mol. The fourth-order valence-corrected chi connectivity index (χ4v) is 2.28. The van der Waals surface area contributed by atoms with Gasteiger partial charge in [0, 0.05) is 20.2 Å². The van der Waals surface area contributed by atoms with Crippen LogP contribution in [0.1, 0.15) is 22.8 Å². The molecule has 0 aromatic heterocycles. The fraction of sp³-hybridized carbons (Fsp3) is 0.600. The van der Waals surface area contributed by atoms with Gasteiger partial charge in [0.05, 0.1) is 18.8 Å². The number of aryl methyl sites for hydroxylation is 2. The molecule has 0 amide bonds. The Bertz CT molecular complexity index is 375. The predicted octanol–water partition coefficient (Wildman–Crippen LogP) is 1.28. The molecule has 0 saturated carbocycles. The highest BCUT2D eigenvalue weighted by molar-refractivity contribution is 5.30. The first-order valence-corrected chi connectivity index (χ1v) is 6.54. The largest absolute Gasteiger partial charge is 0.389 e. The zero-order valence-corrected chi connectivity index (χ0v) is 12.3. The number of nitrogens with zero attached hydrogens (tertiary/aromatic N) is 1. The molecule has 19 heavy (non-hydrogen) atoms. The Morgan fingerprint density at radius 2 is 1.68 bits per heavy atom. The van der Waals surface area contributed by atoms with E-state index in [1.165, 1.54) is 0 Å². The van der Waals surface area contributed by atoms with Crippen molar-refractivity contribution in [2.45, 2.75) is 26.1 Å². The molecule has 4 heteroatoms. The van der Waals surface area contributed by atoms with Crippen LogP contribution in [0, 0.1) is 13.8 Å². The van der Waals surface area contributed by atoms with Crippen LogP contribution in [0.15, 0.2) is 18.2 Å². The molecule has 1 rings (SSSR count).